The molecule has 1 saturated heterocycles. The van der Waals surface area contributed by atoms with Crippen LogP contribution in [0.2, 0.25) is 0 Å². The molecular weight excluding hydrogens is 239 g/mol. The maximum absolute atomic E-state index is 13.4. The molecule has 94 valence electrons. The van der Waals surface area contributed by atoms with Gasteiger partial charge in [0.1, 0.15) is 28.8 Å². The van der Waals surface area contributed by atoms with Crippen LogP contribution < -0.4 is 10.1 Å². The minimum Gasteiger partial charge on any atom is -0.482 e. The van der Waals surface area contributed by atoms with Gasteiger partial charge in [-0.15, -0.1) is 0 Å². The first kappa shape index (κ1) is 12.3. The van der Waals surface area contributed by atoms with Gasteiger partial charge in [-0.25, -0.2) is 4.39 Å². The van der Waals surface area contributed by atoms with Gasteiger partial charge in [-0.1, -0.05) is 6.07 Å². The molecule has 0 spiro atoms. The lowest BCUT2D eigenvalue weighted by Crippen LogP contribution is -2.64. The van der Waals surface area contributed by atoms with Crippen LogP contribution in [0, 0.1) is 17.1 Å². The number of hydrogen-bond donors (Lipinski definition) is 2. The molecule has 0 aliphatic carbocycles. The Morgan fingerprint density at radius 2 is 2.33 bits per heavy atom. The Morgan fingerprint density at radius 1 is 1.61 bits per heavy atom. The molecule has 1 aliphatic heterocycles. The normalized spacial score (nSPS) is 16.4. The molecule has 1 aromatic rings. The summed E-state index contributed by atoms with van der Waals surface area (Å²) in [7, 11) is 0. The van der Waals surface area contributed by atoms with Crippen molar-refractivity contribution in [1.29, 1.82) is 5.26 Å². The van der Waals surface area contributed by atoms with Crippen LogP contribution in [0.4, 0.5) is 4.39 Å². The van der Waals surface area contributed by atoms with Crippen LogP contribution in [0.3, 0.4) is 0 Å². The number of aliphatic carboxylic acids is 1. The first-order valence-electron chi connectivity index (χ1n) is 5.36. The van der Waals surface area contributed by atoms with Gasteiger partial charge in [0.05, 0.1) is 6.42 Å². The van der Waals surface area contributed by atoms with Crippen molar-refractivity contribution in [1.82, 2.24) is 5.32 Å². The number of nitriles is 1. The Morgan fingerprint density at radius 3 is 2.83 bits per heavy atom. The fourth-order valence-corrected chi connectivity index (χ4v) is 1.84. The Balaban J connectivity index is 2.26. The number of carboxylic acids is 1. The molecule has 0 atom stereocenters. The number of carbonyl (C=O) groups is 1. The summed E-state index contributed by atoms with van der Waals surface area (Å²) in [6.07, 6.45) is -0.193. The molecular formula is C12H11FN2O3. The number of nitrogens with zero attached hydrogens (tertiary/aromatic N) is 1. The first-order chi connectivity index (χ1) is 8.56. The predicted molar refractivity (Wildman–Crippen MR) is 59.6 cm³/mol. The fourth-order valence-electron chi connectivity index (χ4n) is 1.84. The van der Waals surface area contributed by atoms with E-state index in [1.54, 1.807) is 6.07 Å². The van der Waals surface area contributed by atoms with Gasteiger partial charge in [0.25, 0.3) is 0 Å². The van der Waals surface area contributed by atoms with Crippen LogP contribution in [0.25, 0.3) is 0 Å². The van der Waals surface area contributed by atoms with Crippen molar-refractivity contribution in [3.05, 3.63) is 29.6 Å². The molecule has 6 heteroatoms. The standard InChI is InChI=1S/C12H11FN2O3/c13-9-2-1-3-10(8(9)5-14)18-12(4-11(16)17)6-15-7-12/h1-3,15H,4,6-7H2,(H,16,17). The van der Waals surface area contributed by atoms with Crippen LogP contribution in [-0.4, -0.2) is 29.8 Å². The molecule has 2 rings (SSSR count). The average Bonchev–Trinajstić information content (AvgIpc) is 2.25. The highest BCUT2D eigenvalue weighted by molar-refractivity contribution is 5.68. The molecule has 0 unspecified atom stereocenters. The average molecular weight is 250 g/mol. The minimum atomic E-state index is -0.994. The van der Waals surface area contributed by atoms with E-state index in [-0.39, 0.29) is 17.7 Å². The monoisotopic (exact) mass is 250 g/mol. The molecule has 5 nitrogen and oxygen atoms in total. The Labute approximate surface area is 103 Å². The second-order valence-corrected chi connectivity index (χ2v) is 4.18. The number of hydrogen-bond acceptors (Lipinski definition) is 4. The zero-order chi connectivity index (χ0) is 13.2. The molecule has 0 bridgehead atoms. The first-order valence-corrected chi connectivity index (χ1v) is 5.36. The third-order valence-corrected chi connectivity index (χ3v) is 2.78. The van der Waals surface area contributed by atoms with E-state index in [1.807, 2.05) is 0 Å². The van der Waals surface area contributed by atoms with Crippen LogP contribution in [0.15, 0.2) is 18.2 Å². The van der Waals surface area contributed by atoms with Gasteiger partial charge in [0.2, 0.25) is 0 Å². The molecule has 1 fully saturated rings. The smallest absolute Gasteiger partial charge is 0.307 e. The summed E-state index contributed by atoms with van der Waals surface area (Å²) in [4.78, 5) is 10.8. The molecule has 0 amide bonds. The van der Waals surface area contributed by atoms with Crippen molar-refractivity contribution in [3.63, 3.8) is 0 Å². The highest BCUT2D eigenvalue weighted by atomic mass is 19.1. The molecule has 1 heterocycles. The van der Waals surface area contributed by atoms with E-state index < -0.39 is 17.4 Å². The fraction of sp³-hybridized carbons (Fsp3) is 0.333. The van der Waals surface area contributed by atoms with Crippen molar-refractivity contribution in [2.45, 2.75) is 12.0 Å². The summed E-state index contributed by atoms with van der Waals surface area (Å²) in [6.45, 7) is 0.724. The van der Waals surface area contributed by atoms with Crippen molar-refractivity contribution < 1.29 is 19.0 Å². The number of halogens is 1. The van der Waals surface area contributed by atoms with Crippen LogP contribution >= 0.6 is 0 Å². The van der Waals surface area contributed by atoms with Crippen molar-refractivity contribution >= 4 is 5.97 Å². The molecule has 2 N–H and O–H groups in total. The van der Waals surface area contributed by atoms with Crippen molar-refractivity contribution in [3.8, 4) is 11.8 Å². The van der Waals surface area contributed by atoms with Gasteiger partial charge < -0.3 is 15.2 Å². The van der Waals surface area contributed by atoms with Crippen LogP contribution in [-0.2, 0) is 4.79 Å². The summed E-state index contributed by atoms with van der Waals surface area (Å²) >= 11 is 0. The van der Waals surface area contributed by atoms with E-state index in [0.29, 0.717) is 13.1 Å². The van der Waals surface area contributed by atoms with Crippen LogP contribution in [0.5, 0.6) is 5.75 Å². The zero-order valence-electron chi connectivity index (χ0n) is 9.44. The van der Waals surface area contributed by atoms with E-state index in [9.17, 15) is 9.18 Å². The molecule has 1 aliphatic rings. The number of ether oxygens (including phenoxy) is 1. The van der Waals surface area contributed by atoms with E-state index in [4.69, 9.17) is 15.1 Å². The SMILES string of the molecule is N#Cc1c(F)cccc1OC1(CC(=O)O)CNC1. The maximum Gasteiger partial charge on any atom is 0.307 e. The summed E-state index contributed by atoms with van der Waals surface area (Å²) in [6, 6.07) is 5.77. The number of rotatable bonds is 4. The third kappa shape index (κ3) is 2.26. The highest BCUT2D eigenvalue weighted by Gasteiger charge is 2.42. The maximum atomic E-state index is 13.4. The lowest BCUT2D eigenvalue weighted by atomic mass is 9.92. The molecule has 18 heavy (non-hydrogen) atoms. The lowest BCUT2D eigenvalue weighted by Gasteiger charge is -2.41. The Kier molecular flexibility index (Phi) is 3.17. The molecule has 0 aromatic heterocycles. The Hall–Kier alpha value is -2.13. The minimum absolute atomic E-state index is 0.0836. The molecule has 1 aromatic carbocycles. The van der Waals surface area contributed by atoms with Gasteiger partial charge in [0.15, 0.2) is 0 Å². The highest BCUT2D eigenvalue weighted by Crippen LogP contribution is 2.29. The van der Waals surface area contributed by atoms with Gasteiger partial charge in [-0.3, -0.25) is 4.79 Å². The summed E-state index contributed by atoms with van der Waals surface area (Å²) in [5.74, 6) is -1.58. The van der Waals surface area contributed by atoms with Crippen molar-refractivity contribution in [2.24, 2.45) is 0 Å². The molecule has 0 radical (unpaired) electrons. The number of carboxylic acid groups (broad SMARTS) is 1. The van der Waals surface area contributed by atoms with E-state index >= 15 is 0 Å². The summed E-state index contributed by atoms with van der Waals surface area (Å²) in [5.41, 5.74) is -1.10. The Bertz CT molecular complexity index is 521. The van der Waals surface area contributed by atoms with Crippen LogP contribution in [0.1, 0.15) is 12.0 Å². The largest absolute Gasteiger partial charge is 0.482 e. The van der Waals surface area contributed by atoms with Gasteiger partial charge in [0, 0.05) is 13.1 Å². The lowest BCUT2D eigenvalue weighted by molar-refractivity contribution is -0.143. The van der Waals surface area contributed by atoms with Crippen molar-refractivity contribution in [2.75, 3.05) is 13.1 Å². The topological polar surface area (TPSA) is 82.3 Å². The quantitative estimate of drug-likeness (QED) is 0.829. The third-order valence-electron chi connectivity index (χ3n) is 2.78. The zero-order valence-corrected chi connectivity index (χ0v) is 9.44. The summed E-state index contributed by atoms with van der Waals surface area (Å²) in [5, 5.41) is 20.6. The van der Waals surface area contributed by atoms with Gasteiger partial charge in [-0.05, 0) is 12.1 Å². The van der Waals surface area contributed by atoms with E-state index in [2.05, 4.69) is 5.32 Å². The second kappa shape index (κ2) is 4.63. The number of benzene rings is 1. The van der Waals surface area contributed by atoms with E-state index in [1.165, 1.54) is 12.1 Å². The second-order valence-electron chi connectivity index (χ2n) is 4.18. The molecule has 0 saturated carbocycles. The number of nitrogens with one attached hydrogen (secondary N) is 1. The predicted octanol–water partition coefficient (Wildman–Crippen LogP) is 0.893. The van der Waals surface area contributed by atoms with Gasteiger partial charge in [-0.2, -0.15) is 5.26 Å². The van der Waals surface area contributed by atoms with E-state index in [0.717, 1.165) is 6.07 Å². The summed E-state index contributed by atoms with van der Waals surface area (Å²) < 4.78 is 18.9. The van der Waals surface area contributed by atoms with Gasteiger partial charge >= 0.3 is 5.97 Å².